The summed E-state index contributed by atoms with van der Waals surface area (Å²) in [6, 6.07) is 6.12. The van der Waals surface area contributed by atoms with Crippen LogP contribution in [0.5, 0.6) is 0 Å². The summed E-state index contributed by atoms with van der Waals surface area (Å²) in [6.45, 7) is 0. The lowest BCUT2D eigenvalue weighted by Gasteiger charge is -2.14. The van der Waals surface area contributed by atoms with Crippen LogP contribution in [-0.4, -0.2) is 22.2 Å². The second kappa shape index (κ2) is 5.67. The van der Waals surface area contributed by atoms with Gasteiger partial charge in [0.05, 0.1) is 0 Å². The quantitative estimate of drug-likeness (QED) is 0.707. The summed E-state index contributed by atoms with van der Waals surface area (Å²) < 4.78 is 0. The molecule has 0 fully saturated rings. The molecule has 0 heterocycles. The summed E-state index contributed by atoms with van der Waals surface area (Å²) in [7, 11) is 0. The minimum atomic E-state index is -0.997. The van der Waals surface area contributed by atoms with E-state index >= 15 is 0 Å². The minimum Gasteiger partial charge on any atom is -0.480 e. The standard InChI is InChI=1S/C10H11ClN2O2S/c11-7-3-1-6(2-4-7)5-8(9(14)15)13-10(12)16/h1-4,8H,5H2,(H,14,15)(H3,12,13,16). The number of thiocarbonyl (C=S) groups is 1. The van der Waals surface area contributed by atoms with Crippen LogP contribution < -0.4 is 11.1 Å². The van der Waals surface area contributed by atoms with Gasteiger partial charge in [-0.25, -0.2) is 4.79 Å². The van der Waals surface area contributed by atoms with Crippen molar-refractivity contribution in [3.63, 3.8) is 0 Å². The summed E-state index contributed by atoms with van der Waals surface area (Å²) in [5.41, 5.74) is 6.09. The highest BCUT2D eigenvalue weighted by molar-refractivity contribution is 7.80. The van der Waals surface area contributed by atoms with Crippen LogP contribution >= 0.6 is 23.8 Å². The molecule has 0 aliphatic carbocycles. The highest BCUT2D eigenvalue weighted by Gasteiger charge is 2.17. The van der Waals surface area contributed by atoms with Crippen LogP contribution in [0.15, 0.2) is 24.3 Å². The number of aliphatic carboxylic acids is 1. The van der Waals surface area contributed by atoms with E-state index < -0.39 is 12.0 Å². The van der Waals surface area contributed by atoms with Crippen LogP contribution in [0.4, 0.5) is 0 Å². The Morgan fingerprint density at radius 1 is 1.50 bits per heavy atom. The van der Waals surface area contributed by atoms with Gasteiger partial charge in [-0.2, -0.15) is 0 Å². The smallest absolute Gasteiger partial charge is 0.326 e. The lowest BCUT2D eigenvalue weighted by Crippen LogP contribution is -2.44. The van der Waals surface area contributed by atoms with Gasteiger partial charge in [0.15, 0.2) is 5.11 Å². The van der Waals surface area contributed by atoms with Crippen molar-refractivity contribution < 1.29 is 9.90 Å². The number of carboxylic acid groups (broad SMARTS) is 1. The maximum absolute atomic E-state index is 10.9. The molecule has 0 amide bonds. The van der Waals surface area contributed by atoms with Gasteiger partial charge < -0.3 is 16.2 Å². The molecule has 6 heteroatoms. The fourth-order valence-corrected chi connectivity index (χ4v) is 1.50. The SMILES string of the molecule is NC(=S)NC(Cc1ccc(Cl)cc1)C(=O)O. The Bertz CT molecular complexity index is 394. The van der Waals surface area contributed by atoms with E-state index in [-0.39, 0.29) is 5.11 Å². The maximum Gasteiger partial charge on any atom is 0.326 e. The molecule has 16 heavy (non-hydrogen) atoms. The van der Waals surface area contributed by atoms with Crippen LogP contribution in [0, 0.1) is 0 Å². The molecule has 0 radical (unpaired) electrons. The van der Waals surface area contributed by atoms with E-state index in [2.05, 4.69) is 17.5 Å². The van der Waals surface area contributed by atoms with Gasteiger partial charge in [0.1, 0.15) is 6.04 Å². The van der Waals surface area contributed by atoms with E-state index in [4.69, 9.17) is 22.4 Å². The van der Waals surface area contributed by atoms with Gasteiger partial charge in [0.25, 0.3) is 0 Å². The maximum atomic E-state index is 10.9. The van der Waals surface area contributed by atoms with Crippen molar-refractivity contribution >= 4 is 34.9 Å². The Kier molecular flexibility index (Phi) is 4.52. The molecule has 1 rings (SSSR count). The first-order valence-corrected chi connectivity index (χ1v) is 5.31. The third-order valence-electron chi connectivity index (χ3n) is 1.97. The first-order chi connectivity index (χ1) is 7.49. The van der Waals surface area contributed by atoms with Crippen molar-refractivity contribution in [1.29, 1.82) is 0 Å². The van der Waals surface area contributed by atoms with Crippen molar-refractivity contribution in [2.75, 3.05) is 0 Å². The molecule has 4 nitrogen and oxygen atoms in total. The molecular weight excluding hydrogens is 248 g/mol. The van der Waals surface area contributed by atoms with Gasteiger partial charge in [-0.15, -0.1) is 0 Å². The minimum absolute atomic E-state index is 0.0265. The van der Waals surface area contributed by atoms with Gasteiger partial charge in [0.2, 0.25) is 0 Å². The zero-order valence-corrected chi connectivity index (χ0v) is 9.89. The Hall–Kier alpha value is -1.33. The summed E-state index contributed by atoms with van der Waals surface area (Å²) in [5, 5.41) is 12.0. The first kappa shape index (κ1) is 12.7. The second-order valence-electron chi connectivity index (χ2n) is 3.23. The average molecular weight is 259 g/mol. The van der Waals surface area contributed by atoms with E-state index in [9.17, 15) is 4.79 Å². The zero-order chi connectivity index (χ0) is 12.1. The number of nitrogens with two attached hydrogens (primary N) is 1. The number of carbonyl (C=O) groups is 1. The molecule has 86 valence electrons. The molecule has 0 aliphatic heterocycles. The van der Waals surface area contributed by atoms with Crippen molar-refractivity contribution in [3.8, 4) is 0 Å². The molecule has 1 unspecified atom stereocenters. The molecule has 4 N–H and O–H groups in total. The molecule has 0 saturated heterocycles. The van der Waals surface area contributed by atoms with Crippen molar-refractivity contribution in [2.24, 2.45) is 5.73 Å². The van der Waals surface area contributed by atoms with Gasteiger partial charge >= 0.3 is 5.97 Å². The molecule has 1 atom stereocenters. The van der Waals surface area contributed by atoms with E-state index in [0.29, 0.717) is 11.4 Å². The van der Waals surface area contributed by atoms with Gasteiger partial charge in [0, 0.05) is 11.4 Å². The number of hydrogen-bond acceptors (Lipinski definition) is 2. The molecule has 0 aliphatic rings. The number of hydrogen-bond donors (Lipinski definition) is 3. The van der Waals surface area contributed by atoms with Crippen LogP contribution in [0.2, 0.25) is 5.02 Å². The van der Waals surface area contributed by atoms with E-state index in [0.717, 1.165) is 5.56 Å². The van der Waals surface area contributed by atoms with E-state index in [1.165, 1.54) is 0 Å². The topological polar surface area (TPSA) is 75.3 Å². The molecule has 0 bridgehead atoms. The Labute approximate surface area is 103 Å². The summed E-state index contributed by atoms with van der Waals surface area (Å²) in [4.78, 5) is 10.9. The van der Waals surface area contributed by atoms with E-state index in [1.54, 1.807) is 24.3 Å². The lowest BCUT2D eigenvalue weighted by atomic mass is 10.1. The van der Waals surface area contributed by atoms with Gasteiger partial charge in [-0.3, -0.25) is 0 Å². The van der Waals surface area contributed by atoms with Crippen molar-refractivity contribution in [1.82, 2.24) is 5.32 Å². The van der Waals surface area contributed by atoms with Gasteiger partial charge in [-0.05, 0) is 29.9 Å². The Balaban J connectivity index is 2.71. The number of rotatable bonds is 4. The normalized spacial score (nSPS) is 11.8. The molecule has 0 saturated carbocycles. The lowest BCUT2D eigenvalue weighted by molar-refractivity contribution is -0.139. The average Bonchev–Trinajstić information content (AvgIpc) is 2.19. The summed E-state index contributed by atoms with van der Waals surface area (Å²) in [6.07, 6.45) is 0.295. The monoisotopic (exact) mass is 258 g/mol. The third kappa shape index (κ3) is 4.04. The van der Waals surface area contributed by atoms with Crippen LogP contribution in [-0.2, 0) is 11.2 Å². The second-order valence-corrected chi connectivity index (χ2v) is 4.11. The molecule has 1 aromatic carbocycles. The number of carboxylic acids is 1. The molecule has 1 aromatic rings. The highest BCUT2D eigenvalue weighted by Crippen LogP contribution is 2.11. The number of nitrogens with one attached hydrogen (secondary N) is 1. The fourth-order valence-electron chi connectivity index (χ4n) is 1.23. The largest absolute Gasteiger partial charge is 0.480 e. The number of halogens is 1. The van der Waals surface area contributed by atoms with Crippen molar-refractivity contribution in [2.45, 2.75) is 12.5 Å². The summed E-state index contributed by atoms with van der Waals surface area (Å²) in [5.74, 6) is -0.997. The zero-order valence-electron chi connectivity index (χ0n) is 8.31. The first-order valence-electron chi connectivity index (χ1n) is 4.52. The van der Waals surface area contributed by atoms with Crippen LogP contribution in [0.3, 0.4) is 0 Å². The van der Waals surface area contributed by atoms with Crippen molar-refractivity contribution in [3.05, 3.63) is 34.9 Å². The van der Waals surface area contributed by atoms with Crippen LogP contribution in [0.1, 0.15) is 5.56 Å². The Morgan fingerprint density at radius 3 is 2.50 bits per heavy atom. The molecule has 0 spiro atoms. The Morgan fingerprint density at radius 2 is 2.06 bits per heavy atom. The predicted molar refractivity (Wildman–Crippen MR) is 66.5 cm³/mol. The molecule has 0 aromatic heterocycles. The molecular formula is C10H11ClN2O2S. The summed E-state index contributed by atoms with van der Waals surface area (Å²) >= 11 is 10.3. The predicted octanol–water partition coefficient (Wildman–Crippen LogP) is 1.17. The third-order valence-corrected chi connectivity index (χ3v) is 2.34. The van der Waals surface area contributed by atoms with E-state index in [1.807, 2.05) is 0 Å². The van der Waals surface area contributed by atoms with Crippen LogP contribution in [0.25, 0.3) is 0 Å². The van der Waals surface area contributed by atoms with Gasteiger partial charge in [-0.1, -0.05) is 23.7 Å². The number of benzene rings is 1. The fraction of sp³-hybridized carbons (Fsp3) is 0.200. The highest BCUT2D eigenvalue weighted by atomic mass is 35.5.